The summed E-state index contributed by atoms with van der Waals surface area (Å²) in [7, 11) is 0. The van der Waals surface area contributed by atoms with E-state index in [-0.39, 0.29) is 24.8 Å². The molecule has 0 bridgehead atoms. The molecular formula is C15H19F2N3O2. The Balaban J connectivity index is 1.91. The molecule has 0 aliphatic carbocycles. The molecule has 1 fully saturated rings. The van der Waals surface area contributed by atoms with Gasteiger partial charge in [-0.05, 0) is 25.0 Å². The molecule has 1 aliphatic rings. The van der Waals surface area contributed by atoms with Crippen LogP contribution >= 0.6 is 0 Å². The number of anilines is 1. The molecule has 0 unspecified atom stereocenters. The average molecular weight is 311 g/mol. The van der Waals surface area contributed by atoms with Crippen LogP contribution in [0.1, 0.15) is 25.7 Å². The van der Waals surface area contributed by atoms with E-state index in [1.807, 2.05) is 0 Å². The van der Waals surface area contributed by atoms with Crippen LogP contribution < -0.4 is 11.1 Å². The molecule has 0 radical (unpaired) electrons. The molecule has 1 atom stereocenters. The van der Waals surface area contributed by atoms with Gasteiger partial charge in [0.2, 0.25) is 11.8 Å². The highest BCUT2D eigenvalue weighted by Gasteiger charge is 2.23. The van der Waals surface area contributed by atoms with Crippen molar-refractivity contribution >= 4 is 17.5 Å². The molecular weight excluding hydrogens is 292 g/mol. The lowest BCUT2D eigenvalue weighted by molar-refractivity contribution is -0.134. The highest BCUT2D eigenvalue weighted by Crippen LogP contribution is 2.19. The number of halogens is 2. The molecule has 0 aromatic heterocycles. The summed E-state index contributed by atoms with van der Waals surface area (Å²) < 4.78 is 26.1. The van der Waals surface area contributed by atoms with Gasteiger partial charge in [0.05, 0.1) is 0 Å². The molecule has 1 aliphatic heterocycles. The summed E-state index contributed by atoms with van der Waals surface area (Å²) >= 11 is 0. The topological polar surface area (TPSA) is 75.4 Å². The first kappa shape index (κ1) is 16.2. The van der Waals surface area contributed by atoms with E-state index in [1.165, 1.54) is 6.07 Å². The van der Waals surface area contributed by atoms with Gasteiger partial charge in [-0.15, -0.1) is 0 Å². The second-order valence-electron chi connectivity index (χ2n) is 5.42. The maximum atomic E-state index is 13.2. The number of hydrogen-bond donors (Lipinski definition) is 2. The largest absolute Gasteiger partial charge is 0.380 e. The Hall–Kier alpha value is -2.18. The van der Waals surface area contributed by atoms with Crippen LogP contribution in [-0.2, 0) is 9.59 Å². The molecule has 3 N–H and O–H groups in total. The fourth-order valence-corrected chi connectivity index (χ4v) is 2.53. The number of carbonyl (C=O) groups excluding carboxylic acids is 2. The monoisotopic (exact) mass is 311 g/mol. The van der Waals surface area contributed by atoms with Gasteiger partial charge in [0.1, 0.15) is 0 Å². The third kappa shape index (κ3) is 4.41. The van der Waals surface area contributed by atoms with Crippen molar-refractivity contribution < 1.29 is 18.4 Å². The van der Waals surface area contributed by atoms with Crippen LogP contribution in [0.2, 0.25) is 0 Å². The van der Waals surface area contributed by atoms with Crippen LogP contribution in [0.25, 0.3) is 0 Å². The van der Waals surface area contributed by atoms with E-state index in [4.69, 9.17) is 5.73 Å². The molecule has 0 saturated carbocycles. The highest BCUT2D eigenvalue weighted by atomic mass is 19.2. The van der Waals surface area contributed by atoms with Crippen LogP contribution in [0, 0.1) is 11.6 Å². The normalized spacial score (nSPS) is 18.1. The summed E-state index contributed by atoms with van der Waals surface area (Å²) in [6, 6.07) is 3.60. The molecule has 2 rings (SSSR count). The Morgan fingerprint density at radius 2 is 2.05 bits per heavy atom. The first-order chi connectivity index (χ1) is 10.5. The van der Waals surface area contributed by atoms with E-state index < -0.39 is 17.5 Å². The van der Waals surface area contributed by atoms with Crippen LogP contribution in [0.5, 0.6) is 0 Å². The molecule has 0 spiro atoms. The van der Waals surface area contributed by atoms with Gasteiger partial charge in [0, 0.05) is 43.7 Å². The molecule has 22 heavy (non-hydrogen) atoms. The Bertz CT molecular complexity index is 566. The van der Waals surface area contributed by atoms with E-state index in [0.717, 1.165) is 25.0 Å². The third-order valence-electron chi connectivity index (χ3n) is 3.65. The first-order valence-corrected chi connectivity index (χ1v) is 7.23. The minimum absolute atomic E-state index is 0.0314. The Labute approximate surface area is 127 Å². The Morgan fingerprint density at radius 3 is 2.73 bits per heavy atom. The van der Waals surface area contributed by atoms with Crippen molar-refractivity contribution in [3.63, 3.8) is 0 Å². The van der Waals surface area contributed by atoms with Crippen molar-refractivity contribution in [2.24, 2.45) is 5.73 Å². The highest BCUT2D eigenvalue weighted by molar-refractivity contribution is 5.83. The number of primary amides is 1. The van der Waals surface area contributed by atoms with Crippen molar-refractivity contribution in [2.45, 2.75) is 31.7 Å². The number of benzene rings is 1. The van der Waals surface area contributed by atoms with E-state index in [1.54, 1.807) is 4.90 Å². The zero-order valence-electron chi connectivity index (χ0n) is 12.1. The van der Waals surface area contributed by atoms with Gasteiger partial charge in [-0.25, -0.2) is 8.78 Å². The Kier molecular flexibility index (Phi) is 5.30. The second kappa shape index (κ2) is 7.20. The summed E-state index contributed by atoms with van der Waals surface area (Å²) in [5.74, 6) is -2.41. The van der Waals surface area contributed by atoms with E-state index in [2.05, 4.69) is 5.32 Å². The number of amides is 2. The van der Waals surface area contributed by atoms with Gasteiger partial charge >= 0.3 is 0 Å². The maximum Gasteiger partial charge on any atom is 0.223 e. The summed E-state index contributed by atoms with van der Waals surface area (Å²) in [5, 5.41) is 3.11. The number of nitrogens with zero attached hydrogens (tertiary/aromatic N) is 1. The summed E-state index contributed by atoms with van der Waals surface area (Å²) in [6.45, 7) is 1.10. The van der Waals surface area contributed by atoms with E-state index in [0.29, 0.717) is 18.8 Å². The molecule has 1 aromatic rings. The molecule has 7 heteroatoms. The molecule has 5 nitrogen and oxygen atoms in total. The van der Waals surface area contributed by atoms with Crippen LogP contribution in [0.4, 0.5) is 14.5 Å². The number of hydrogen-bond acceptors (Lipinski definition) is 3. The van der Waals surface area contributed by atoms with E-state index >= 15 is 0 Å². The van der Waals surface area contributed by atoms with Gasteiger partial charge in [0.15, 0.2) is 11.6 Å². The lowest BCUT2D eigenvalue weighted by Gasteiger charge is -2.33. The van der Waals surface area contributed by atoms with Gasteiger partial charge in [0.25, 0.3) is 0 Å². The molecule has 120 valence electrons. The smallest absolute Gasteiger partial charge is 0.223 e. The zero-order chi connectivity index (χ0) is 16.1. The lowest BCUT2D eigenvalue weighted by atomic mass is 10.0. The maximum absolute atomic E-state index is 13.2. The Morgan fingerprint density at radius 1 is 1.27 bits per heavy atom. The van der Waals surface area contributed by atoms with Gasteiger partial charge < -0.3 is 16.0 Å². The number of nitrogens with one attached hydrogen (secondary N) is 1. The minimum atomic E-state index is -0.907. The zero-order valence-corrected chi connectivity index (χ0v) is 12.1. The fraction of sp³-hybridized carbons (Fsp3) is 0.467. The number of rotatable bonds is 5. The summed E-state index contributed by atoms with van der Waals surface area (Å²) in [5.41, 5.74) is 5.52. The second-order valence-corrected chi connectivity index (χ2v) is 5.42. The predicted octanol–water partition coefficient (Wildman–Crippen LogP) is 1.63. The minimum Gasteiger partial charge on any atom is -0.380 e. The predicted molar refractivity (Wildman–Crippen MR) is 78.0 cm³/mol. The molecule has 1 aromatic carbocycles. The average Bonchev–Trinajstić information content (AvgIpc) is 2.49. The number of carbonyl (C=O) groups is 2. The molecule has 1 heterocycles. The van der Waals surface area contributed by atoms with Crippen LogP contribution in [0.15, 0.2) is 18.2 Å². The number of piperidine rings is 1. The van der Waals surface area contributed by atoms with Gasteiger partial charge in [-0.1, -0.05) is 0 Å². The summed E-state index contributed by atoms with van der Waals surface area (Å²) in [6.07, 6.45) is 1.78. The van der Waals surface area contributed by atoms with E-state index in [9.17, 15) is 18.4 Å². The van der Waals surface area contributed by atoms with Crippen molar-refractivity contribution in [1.29, 1.82) is 0 Å². The van der Waals surface area contributed by atoms with Gasteiger partial charge in [-0.3, -0.25) is 9.59 Å². The van der Waals surface area contributed by atoms with Crippen molar-refractivity contribution in [3.8, 4) is 0 Å². The van der Waals surface area contributed by atoms with Crippen molar-refractivity contribution in [1.82, 2.24) is 4.90 Å². The number of likely N-dealkylation sites (tertiary alicyclic amines) is 1. The van der Waals surface area contributed by atoms with Crippen molar-refractivity contribution in [3.05, 3.63) is 29.8 Å². The fourth-order valence-electron chi connectivity index (χ4n) is 2.53. The van der Waals surface area contributed by atoms with Crippen molar-refractivity contribution in [2.75, 3.05) is 18.4 Å². The third-order valence-corrected chi connectivity index (χ3v) is 3.65. The van der Waals surface area contributed by atoms with Gasteiger partial charge in [-0.2, -0.15) is 0 Å². The molecule has 1 saturated heterocycles. The quantitative estimate of drug-likeness (QED) is 0.868. The standard InChI is InChI=1S/C15H19F2N3O2/c16-12-4-3-10(8-13(12)17)19-11-2-1-7-20(9-11)15(22)6-5-14(18)21/h3-4,8,11,19H,1-2,5-7,9H2,(H2,18,21)/t11-/m0/s1. The summed E-state index contributed by atoms with van der Waals surface area (Å²) in [4.78, 5) is 24.4. The molecule has 2 amide bonds. The number of nitrogens with two attached hydrogens (primary N) is 1. The SMILES string of the molecule is NC(=O)CCC(=O)N1CCC[C@H](Nc2ccc(F)c(F)c2)C1. The first-order valence-electron chi connectivity index (χ1n) is 7.23. The van der Waals surface area contributed by atoms with Crippen LogP contribution in [-0.4, -0.2) is 35.8 Å². The van der Waals surface area contributed by atoms with Crippen LogP contribution in [0.3, 0.4) is 0 Å². The lowest BCUT2D eigenvalue weighted by Crippen LogP contribution is -2.45.